The summed E-state index contributed by atoms with van der Waals surface area (Å²) >= 11 is 0. The predicted octanol–water partition coefficient (Wildman–Crippen LogP) is 2.73. The zero-order valence-corrected chi connectivity index (χ0v) is 27.1. The molecule has 13 nitrogen and oxygen atoms in total. The molecule has 244 valence electrons. The number of carbonyl (C=O) groups is 4. The van der Waals surface area contributed by atoms with Crippen LogP contribution in [0.3, 0.4) is 0 Å². The molecule has 0 aliphatic rings. The van der Waals surface area contributed by atoms with E-state index in [2.05, 4.69) is 21.0 Å². The van der Waals surface area contributed by atoms with Crippen LogP contribution in [0.5, 0.6) is 0 Å². The molecule has 0 aliphatic heterocycles. The number of benzene rings is 1. The zero-order valence-electron chi connectivity index (χ0n) is 27.1. The van der Waals surface area contributed by atoms with Crippen molar-refractivity contribution in [2.75, 3.05) is 33.4 Å². The number of hydrazine groups is 1. The number of nitrogens with zero attached hydrogens (tertiary/aromatic N) is 3. The van der Waals surface area contributed by atoms with E-state index in [1.807, 2.05) is 44.2 Å². The van der Waals surface area contributed by atoms with E-state index in [0.29, 0.717) is 19.8 Å². The fourth-order valence-corrected chi connectivity index (χ4v) is 4.52. The van der Waals surface area contributed by atoms with Gasteiger partial charge in [-0.05, 0) is 60.1 Å². The summed E-state index contributed by atoms with van der Waals surface area (Å²) in [6.45, 7) is 13.3. The fourth-order valence-electron chi connectivity index (χ4n) is 4.52. The maximum Gasteiger partial charge on any atom is 0.329 e. The first-order valence-electron chi connectivity index (χ1n) is 14.9. The van der Waals surface area contributed by atoms with Gasteiger partial charge in [0.1, 0.15) is 11.6 Å². The molecule has 1 aromatic carbocycles. The molecule has 1 unspecified atom stereocenters. The molecule has 0 radical (unpaired) electrons. The standard InChI is InChI=1S/C31H48N6O7/c1-9-32-30(41)35-36(8)20-25(38)34-24(18-26(39)44-31(5,6)7)28(40)37(21(4)29(42-10-2)43-11-3)19-23-15-12-14-22-16-13-17-33-27(22)23/h12-17,21,24,29H,9-11,18-20H2,1-8H3,(H,34,38)(H2,32,35,41)/t21-,24?/m0/s1. The van der Waals surface area contributed by atoms with Gasteiger partial charge in [-0.2, -0.15) is 0 Å². The van der Waals surface area contributed by atoms with Crippen molar-refractivity contribution >= 4 is 34.7 Å². The quantitative estimate of drug-likeness (QED) is 0.147. The second kappa shape index (κ2) is 17.5. The molecule has 0 spiro atoms. The number of fused-ring (bicyclic) bond motifs is 1. The Bertz CT molecular complexity index is 1240. The van der Waals surface area contributed by atoms with Crippen molar-refractivity contribution in [1.29, 1.82) is 0 Å². The molecule has 44 heavy (non-hydrogen) atoms. The van der Waals surface area contributed by atoms with Crippen LogP contribution in [-0.4, -0.2) is 96.0 Å². The van der Waals surface area contributed by atoms with Crippen LogP contribution in [0.1, 0.15) is 60.5 Å². The van der Waals surface area contributed by atoms with Crippen molar-refractivity contribution in [2.45, 2.75) is 85.4 Å². The number of esters is 1. The van der Waals surface area contributed by atoms with E-state index >= 15 is 0 Å². The number of rotatable bonds is 16. The monoisotopic (exact) mass is 616 g/mol. The number of hydrogen-bond acceptors (Lipinski definition) is 9. The van der Waals surface area contributed by atoms with Gasteiger partial charge in [0.25, 0.3) is 0 Å². The summed E-state index contributed by atoms with van der Waals surface area (Å²) < 4.78 is 17.2. The van der Waals surface area contributed by atoms with Crippen molar-refractivity contribution in [3.63, 3.8) is 0 Å². The topological polar surface area (TPSA) is 151 Å². The number of carbonyl (C=O) groups excluding carboxylic acids is 4. The molecule has 2 rings (SSSR count). The van der Waals surface area contributed by atoms with Crippen LogP contribution >= 0.6 is 0 Å². The number of ether oxygens (including phenoxy) is 3. The van der Waals surface area contributed by atoms with Crippen molar-refractivity contribution in [1.82, 2.24) is 31.0 Å². The number of urea groups is 1. The maximum atomic E-state index is 14.4. The first-order chi connectivity index (χ1) is 20.8. The number of pyridine rings is 1. The summed E-state index contributed by atoms with van der Waals surface area (Å²) in [5.74, 6) is -1.78. The van der Waals surface area contributed by atoms with Crippen LogP contribution in [0.25, 0.3) is 10.9 Å². The van der Waals surface area contributed by atoms with Gasteiger partial charge in [0.2, 0.25) is 11.8 Å². The van der Waals surface area contributed by atoms with Crippen LogP contribution in [0.15, 0.2) is 36.5 Å². The Morgan fingerprint density at radius 3 is 2.27 bits per heavy atom. The zero-order chi connectivity index (χ0) is 32.9. The smallest absolute Gasteiger partial charge is 0.329 e. The molecule has 0 aliphatic carbocycles. The van der Waals surface area contributed by atoms with Gasteiger partial charge < -0.3 is 29.7 Å². The Morgan fingerprint density at radius 2 is 1.66 bits per heavy atom. The van der Waals surface area contributed by atoms with E-state index in [9.17, 15) is 19.2 Å². The van der Waals surface area contributed by atoms with E-state index in [1.54, 1.807) is 40.8 Å². The lowest BCUT2D eigenvalue weighted by Gasteiger charge is -2.36. The molecule has 4 amide bonds. The van der Waals surface area contributed by atoms with Gasteiger partial charge in [-0.25, -0.2) is 9.80 Å². The van der Waals surface area contributed by atoms with E-state index in [0.717, 1.165) is 16.5 Å². The minimum atomic E-state index is -1.29. The number of likely N-dealkylation sites (N-methyl/N-ethyl adjacent to an activating group) is 1. The lowest BCUT2D eigenvalue weighted by atomic mass is 10.1. The van der Waals surface area contributed by atoms with Gasteiger partial charge >= 0.3 is 12.0 Å². The molecule has 0 saturated carbocycles. The van der Waals surface area contributed by atoms with Crippen molar-refractivity contribution in [2.24, 2.45) is 0 Å². The Morgan fingerprint density at radius 1 is 1.00 bits per heavy atom. The molecule has 1 aromatic heterocycles. The summed E-state index contributed by atoms with van der Waals surface area (Å²) in [4.78, 5) is 58.5. The Kier molecular flexibility index (Phi) is 14.4. The maximum absolute atomic E-state index is 14.4. The van der Waals surface area contributed by atoms with Gasteiger partial charge in [0.15, 0.2) is 6.29 Å². The molecule has 2 atom stereocenters. The second-order valence-electron chi connectivity index (χ2n) is 11.2. The molecule has 3 N–H and O–H groups in total. The van der Waals surface area contributed by atoms with Gasteiger partial charge in [-0.3, -0.25) is 24.8 Å². The van der Waals surface area contributed by atoms with Crippen molar-refractivity contribution in [3.05, 3.63) is 42.1 Å². The average molecular weight is 617 g/mol. The van der Waals surface area contributed by atoms with E-state index in [-0.39, 0.29) is 13.1 Å². The summed E-state index contributed by atoms with van der Waals surface area (Å²) in [5, 5.41) is 7.44. The largest absolute Gasteiger partial charge is 0.460 e. The minimum Gasteiger partial charge on any atom is -0.460 e. The van der Waals surface area contributed by atoms with Crippen LogP contribution in [0, 0.1) is 0 Å². The Labute approximate surface area is 259 Å². The highest BCUT2D eigenvalue weighted by Gasteiger charge is 2.36. The van der Waals surface area contributed by atoms with Crippen LogP contribution in [-0.2, 0) is 35.1 Å². The normalized spacial score (nSPS) is 13.0. The minimum absolute atomic E-state index is 0.102. The predicted molar refractivity (Wildman–Crippen MR) is 166 cm³/mol. The number of amides is 4. The van der Waals surface area contributed by atoms with Crippen molar-refractivity contribution in [3.8, 4) is 0 Å². The van der Waals surface area contributed by atoms with Crippen LogP contribution in [0.2, 0.25) is 0 Å². The number of para-hydroxylation sites is 1. The summed E-state index contributed by atoms with van der Waals surface area (Å²) in [7, 11) is 1.51. The number of aromatic nitrogens is 1. The van der Waals surface area contributed by atoms with Gasteiger partial charge in [-0.15, -0.1) is 0 Å². The molecular weight excluding hydrogens is 568 g/mol. The lowest BCUT2D eigenvalue weighted by Crippen LogP contribution is -2.57. The highest BCUT2D eigenvalue weighted by atomic mass is 16.7. The second-order valence-corrected chi connectivity index (χ2v) is 11.2. The average Bonchev–Trinajstić information content (AvgIpc) is 2.93. The Hall–Kier alpha value is -3.81. The highest BCUT2D eigenvalue weighted by molar-refractivity contribution is 5.92. The van der Waals surface area contributed by atoms with E-state index < -0.39 is 54.2 Å². The molecule has 0 saturated heterocycles. The SMILES string of the molecule is CCNC(=O)NN(C)CC(=O)NC(CC(=O)OC(C)(C)C)C(=O)N(Cc1cccc2cccnc12)[C@@H](C)C(OCC)OCC. The summed E-state index contributed by atoms with van der Waals surface area (Å²) in [5.41, 5.74) is 3.20. The molecule has 13 heteroatoms. The van der Waals surface area contributed by atoms with E-state index in [4.69, 9.17) is 14.2 Å². The third kappa shape index (κ3) is 11.7. The number of nitrogens with one attached hydrogen (secondary N) is 3. The molecule has 0 bridgehead atoms. The van der Waals surface area contributed by atoms with Gasteiger partial charge in [0, 0.05) is 44.9 Å². The lowest BCUT2D eigenvalue weighted by molar-refractivity contribution is -0.180. The van der Waals surface area contributed by atoms with Crippen LogP contribution < -0.4 is 16.1 Å². The van der Waals surface area contributed by atoms with Gasteiger partial charge in [0.05, 0.1) is 24.5 Å². The fraction of sp³-hybridized carbons (Fsp3) is 0.581. The molecule has 2 aromatic rings. The van der Waals surface area contributed by atoms with Crippen molar-refractivity contribution < 1.29 is 33.4 Å². The molecule has 1 heterocycles. The van der Waals surface area contributed by atoms with Gasteiger partial charge in [-0.1, -0.05) is 24.3 Å². The summed E-state index contributed by atoms with van der Waals surface area (Å²) in [6, 6.07) is 7.07. The molecule has 0 fully saturated rings. The Balaban J connectivity index is 2.47. The summed E-state index contributed by atoms with van der Waals surface area (Å²) in [6.07, 6.45) is 0.490. The highest BCUT2D eigenvalue weighted by Crippen LogP contribution is 2.22. The first-order valence-corrected chi connectivity index (χ1v) is 14.9. The van der Waals surface area contributed by atoms with Crippen LogP contribution in [0.4, 0.5) is 4.79 Å². The molecular formula is C31H48N6O7. The first kappa shape index (κ1) is 36.4. The third-order valence-electron chi connectivity index (χ3n) is 6.32. The third-order valence-corrected chi connectivity index (χ3v) is 6.32. The van der Waals surface area contributed by atoms with E-state index in [1.165, 1.54) is 17.0 Å². The number of hydrogen-bond donors (Lipinski definition) is 3.